The number of nitrogens with two attached hydrogens (primary N) is 1. The number of hydrogen-bond acceptors (Lipinski definition) is 4. The lowest BCUT2D eigenvalue weighted by Crippen LogP contribution is -2.30. The number of pyridine rings is 1. The Morgan fingerprint density at radius 1 is 1.29 bits per heavy atom. The van der Waals surface area contributed by atoms with Crippen LogP contribution in [-0.4, -0.2) is 21.1 Å². The summed E-state index contributed by atoms with van der Waals surface area (Å²) in [6.45, 7) is 1.99. The van der Waals surface area contributed by atoms with Crippen LogP contribution in [0.4, 0.5) is 5.82 Å². The van der Waals surface area contributed by atoms with Crippen molar-refractivity contribution >= 4 is 33.5 Å². The molecule has 116 valence electrons. The highest BCUT2D eigenvalue weighted by atomic mass is 16.5. The van der Waals surface area contributed by atoms with E-state index in [1.54, 1.807) is 13.4 Å². The number of benzene rings is 1. The summed E-state index contributed by atoms with van der Waals surface area (Å²) < 4.78 is 11.3. The van der Waals surface area contributed by atoms with Gasteiger partial charge in [-0.1, -0.05) is 0 Å². The lowest BCUT2D eigenvalue weighted by molar-refractivity contribution is -0.465. The molecule has 0 aliphatic carbocycles. The number of nitrogen functional groups attached to an aromatic ring is 1. The first kappa shape index (κ1) is 13.0. The van der Waals surface area contributed by atoms with Crippen LogP contribution in [0.3, 0.4) is 0 Å². The van der Waals surface area contributed by atoms with Gasteiger partial charge >= 0.3 is 0 Å². The number of anilines is 1. The minimum Gasteiger partial charge on any atom is -0.496 e. The molecule has 0 atom stereocenters. The molecule has 0 bridgehead atoms. The minimum atomic E-state index is 0.428. The average molecular weight is 317 g/mol. The number of fused-ring (bicyclic) bond motifs is 3. The van der Waals surface area contributed by atoms with Crippen LogP contribution in [-0.2, 0) is 0 Å². The first-order chi connectivity index (χ1) is 11.7. The number of aromatic nitrogens is 4. The van der Waals surface area contributed by atoms with Crippen molar-refractivity contribution in [1.29, 1.82) is 5.26 Å². The standard InChI is InChI=1S/C17H13N6O/c1-9-13(24-2)5-4-12-15(9)22-16(19)11(7-18)10-3-6-14-20-8-21(12)23(14)17(10)22/h3-6,8H,19H2,1-2H3/q+1. The van der Waals surface area contributed by atoms with E-state index in [1.165, 1.54) is 0 Å². The van der Waals surface area contributed by atoms with E-state index in [1.807, 2.05) is 44.6 Å². The average Bonchev–Trinajstić information content (AvgIpc) is 3.13. The molecular weight excluding hydrogens is 304 g/mol. The van der Waals surface area contributed by atoms with Gasteiger partial charge in [0, 0.05) is 5.56 Å². The van der Waals surface area contributed by atoms with Crippen LogP contribution in [0.2, 0.25) is 0 Å². The molecule has 0 spiro atoms. The van der Waals surface area contributed by atoms with Crippen LogP contribution in [0.15, 0.2) is 30.6 Å². The Morgan fingerprint density at radius 3 is 2.88 bits per heavy atom. The quantitative estimate of drug-likeness (QED) is 0.376. The summed E-state index contributed by atoms with van der Waals surface area (Å²) in [5, 5.41) is 10.4. The zero-order valence-electron chi connectivity index (χ0n) is 13.1. The summed E-state index contributed by atoms with van der Waals surface area (Å²) in [5.41, 5.74) is 11.3. The highest BCUT2D eigenvalue weighted by molar-refractivity contribution is 5.90. The highest BCUT2D eigenvalue weighted by Gasteiger charge is 2.28. The molecule has 0 fully saturated rings. The van der Waals surface area contributed by atoms with Gasteiger partial charge in [-0.3, -0.25) is 0 Å². The van der Waals surface area contributed by atoms with Crippen LogP contribution in [0.5, 0.6) is 5.75 Å². The van der Waals surface area contributed by atoms with Crippen molar-refractivity contribution in [3.63, 3.8) is 0 Å². The predicted molar refractivity (Wildman–Crippen MR) is 88.4 cm³/mol. The van der Waals surface area contributed by atoms with Gasteiger partial charge in [-0.15, -0.1) is 4.52 Å². The van der Waals surface area contributed by atoms with Gasteiger partial charge in [0.15, 0.2) is 0 Å². The van der Waals surface area contributed by atoms with Crippen molar-refractivity contribution in [3.8, 4) is 11.8 Å². The highest BCUT2D eigenvalue weighted by Crippen LogP contribution is 2.30. The number of hydrogen-bond donors (Lipinski definition) is 1. The van der Waals surface area contributed by atoms with Crippen LogP contribution in [0, 0.1) is 18.3 Å². The summed E-state index contributed by atoms with van der Waals surface area (Å²) in [7, 11) is 1.64. The molecule has 5 rings (SSSR count). The second-order valence-corrected chi connectivity index (χ2v) is 5.80. The van der Waals surface area contributed by atoms with Crippen LogP contribution < -0.4 is 14.9 Å². The second-order valence-electron chi connectivity index (χ2n) is 5.80. The summed E-state index contributed by atoms with van der Waals surface area (Å²) in [6, 6.07) is 9.92. The van der Waals surface area contributed by atoms with Crippen LogP contribution in [0.1, 0.15) is 11.1 Å². The van der Waals surface area contributed by atoms with Gasteiger partial charge in [0.1, 0.15) is 34.7 Å². The molecule has 7 nitrogen and oxygen atoms in total. The molecule has 4 heterocycles. The number of nitrogens with zero attached hydrogens (tertiary/aromatic N) is 5. The van der Waals surface area contributed by atoms with E-state index in [0.717, 1.165) is 39.0 Å². The van der Waals surface area contributed by atoms with Gasteiger partial charge < -0.3 is 10.5 Å². The minimum absolute atomic E-state index is 0.428. The fourth-order valence-electron chi connectivity index (χ4n) is 3.64. The first-order valence-corrected chi connectivity index (χ1v) is 7.48. The summed E-state index contributed by atoms with van der Waals surface area (Å²) >= 11 is 0. The molecule has 7 heteroatoms. The molecule has 5 aromatic rings. The molecule has 0 saturated carbocycles. The third-order valence-corrected chi connectivity index (χ3v) is 4.71. The molecule has 0 aliphatic rings. The number of methoxy groups -OCH3 is 1. The molecule has 0 aliphatic heterocycles. The smallest absolute Gasteiger partial charge is 0.267 e. The Hall–Kier alpha value is -3.53. The van der Waals surface area contributed by atoms with E-state index >= 15 is 0 Å². The van der Waals surface area contributed by atoms with Crippen molar-refractivity contribution in [2.45, 2.75) is 6.92 Å². The van der Waals surface area contributed by atoms with E-state index in [0.29, 0.717) is 11.4 Å². The maximum Gasteiger partial charge on any atom is 0.267 e. The Kier molecular flexibility index (Phi) is 2.19. The normalized spacial score (nSPS) is 11.9. The maximum atomic E-state index is 9.58. The van der Waals surface area contributed by atoms with E-state index < -0.39 is 0 Å². The zero-order valence-corrected chi connectivity index (χ0v) is 13.1. The molecule has 0 amide bonds. The lowest BCUT2D eigenvalue weighted by Gasteiger charge is -2.10. The molecule has 0 unspecified atom stereocenters. The Morgan fingerprint density at radius 2 is 2.12 bits per heavy atom. The Balaban J connectivity index is 2.26. The number of aryl methyl sites for hydroxylation is 1. The largest absolute Gasteiger partial charge is 0.496 e. The maximum absolute atomic E-state index is 9.58. The number of rotatable bonds is 1. The van der Waals surface area contributed by atoms with E-state index in [-0.39, 0.29) is 0 Å². The van der Waals surface area contributed by atoms with Crippen LogP contribution >= 0.6 is 0 Å². The molecule has 0 saturated heterocycles. The first-order valence-electron chi connectivity index (χ1n) is 7.48. The van der Waals surface area contributed by atoms with E-state index in [4.69, 9.17) is 10.5 Å². The molecule has 4 aromatic heterocycles. The van der Waals surface area contributed by atoms with Gasteiger partial charge in [0.25, 0.3) is 5.65 Å². The summed E-state index contributed by atoms with van der Waals surface area (Å²) in [4.78, 5) is 4.47. The SMILES string of the molecule is COc1ccc2c(c1C)[n+]1c(N)c(C#N)c3ccc4ncn2n4c31. The van der Waals surface area contributed by atoms with Gasteiger partial charge in [0.2, 0.25) is 11.5 Å². The third kappa shape index (κ3) is 1.24. The summed E-state index contributed by atoms with van der Waals surface area (Å²) in [6.07, 6.45) is 1.78. The topological polar surface area (TPSA) is 84.8 Å². The van der Waals surface area contributed by atoms with Crippen molar-refractivity contribution in [3.05, 3.63) is 41.7 Å². The fraction of sp³-hybridized carbons (Fsp3) is 0.118. The van der Waals surface area contributed by atoms with Gasteiger partial charge in [-0.25, -0.2) is 4.98 Å². The monoisotopic (exact) mass is 317 g/mol. The van der Waals surface area contributed by atoms with Crippen molar-refractivity contribution in [1.82, 2.24) is 14.0 Å². The van der Waals surface area contributed by atoms with Gasteiger partial charge in [-0.05, 0) is 31.2 Å². The second kappa shape index (κ2) is 4.06. The van der Waals surface area contributed by atoms with Gasteiger partial charge in [-0.2, -0.15) is 14.2 Å². The van der Waals surface area contributed by atoms with Gasteiger partial charge in [0.05, 0.1) is 12.5 Å². The Labute approximate surface area is 136 Å². The summed E-state index contributed by atoms with van der Waals surface area (Å²) in [5.74, 6) is 1.20. The zero-order chi connectivity index (χ0) is 16.6. The Bertz CT molecular complexity index is 1320. The van der Waals surface area contributed by atoms with Crippen molar-refractivity contribution in [2.24, 2.45) is 0 Å². The molecule has 24 heavy (non-hydrogen) atoms. The molecule has 1 aromatic carbocycles. The molecule has 0 radical (unpaired) electrons. The predicted octanol–water partition coefficient (Wildman–Crippen LogP) is 1.69. The molecule has 2 N–H and O–H groups in total. The van der Waals surface area contributed by atoms with Crippen molar-refractivity contribution < 1.29 is 9.14 Å². The molecular formula is C17H13N6O+. The number of nitriles is 1. The van der Waals surface area contributed by atoms with E-state index in [9.17, 15) is 5.26 Å². The van der Waals surface area contributed by atoms with Crippen molar-refractivity contribution in [2.75, 3.05) is 12.8 Å². The third-order valence-electron chi connectivity index (χ3n) is 4.71. The van der Waals surface area contributed by atoms with E-state index in [2.05, 4.69) is 11.1 Å². The van der Waals surface area contributed by atoms with Crippen LogP contribution in [0.25, 0.3) is 27.7 Å². The number of ether oxygens (including phenoxy) is 1. The lowest BCUT2D eigenvalue weighted by atomic mass is 10.1. The fourth-order valence-corrected chi connectivity index (χ4v) is 3.64.